The van der Waals surface area contributed by atoms with E-state index in [4.69, 9.17) is 9.05 Å². The number of rotatable bonds is 4. The third-order valence-corrected chi connectivity index (χ3v) is 3.17. The van der Waals surface area contributed by atoms with E-state index < -0.39 is 7.60 Å². The lowest BCUT2D eigenvalue weighted by Crippen LogP contribution is -2.06. The summed E-state index contributed by atoms with van der Waals surface area (Å²) in [7, 11) is -3.24. The number of halogens is 1. The second kappa shape index (κ2) is 5.82. The third-order valence-electron chi connectivity index (χ3n) is 0.878. The van der Waals surface area contributed by atoms with Crippen LogP contribution in [0, 0.1) is 10.5 Å². The predicted octanol–water partition coefficient (Wildman–Crippen LogP) is 3.34. The number of hydrogen-bond donors (Lipinski definition) is 0. The van der Waals surface area contributed by atoms with Crippen LogP contribution in [-0.2, 0) is 13.6 Å². The molecule has 0 spiro atoms. The molecule has 76 valence electrons. The summed E-state index contributed by atoms with van der Waals surface area (Å²) in [6, 6.07) is 0. The first-order valence-corrected chi connectivity index (χ1v) is 6.33. The molecule has 0 atom stereocenters. The summed E-state index contributed by atoms with van der Waals surface area (Å²) in [5.74, 6) is 0. The summed E-state index contributed by atoms with van der Waals surface area (Å²) in [5, 5.41) is 0. The summed E-state index contributed by atoms with van der Waals surface area (Å²) >= 11 is 2.87. The highest BCUT2D eigenvalue weighted by atomic mass is 79.9. The minimum Gasteiger partial charge on any atom is -0.297 e. The molecule has 3 nitrogen and oxygen atoms in total. The molecule has 0 fully saturated rings. The van der Waals surface area contributed by atoms with E-state index in [1.165, 1.54) is 0 Å². The number of hydrogen-bond acceptors (Lipinski definition) is 3. The minimum absolute atomic E-state index is 0.169. The lowest BCUT2D eigenvalue weighted by atomic mass is 10.5. The third kappa shape index (κ3) is 6.29. The smallest absolute Gasteiger partial charge is 0.297 e. The minimum atomic E-state index is -3.24. The van der Waals surface area contributed by atoms with Gasteiger partial charge in [-0.15, -0.1) is 0 Å². The van der Waals surface area contributed by atoms with Crippen LogP contribution in [0.3, 0.4) is 0 Å². The SMILES string of the molecule is CC(C)OP(=O)(C#CBr)OC(C)C. The molecule has 0 saturated carbocycles. The van der Waals surface area contributed by atoms with Gasteiger partial charge in [-0.25, -0.2) is 4.57 Å². The normalized spacial score (nSPS) is 11.6. The van der Waals surface area contributed by atoms with Gasteiger partial charge < -0.3 is 0 Å². The van der Waals surface area contributed by atoms with Gasteiger partial charge in [0.05, 0.1) is 12.2 Å². The first kappa shape index (κ1) is 13.2. The van der Waals surface area contributed by atoms with Gasteiger partial charge >= 0.3 is 7.60 Å². The maximum Gasteiger partial charge on any atom is 0.406 e. The summed E-state index contributed by atoms with van der Waals surface area (Å²) in [6.45, 7) is 7.14. The van der Waals surface area contributed by atoms with Crippen molar-refractivity contribution >= 4 is 23.5 Å². The highest BCUT2D eigenvalue weighted by Crippen LogP contribution is 2.49. The van der Waals surface area contributed by atoms with Crippen LogP contribution < -0.4 is 0 Å². The van der Waals surface area contributed by atoms with E-state index in [1.807, 2.05) is 0 Å². The lowest BCUT2D eigenvalue weighted by Gasteiger charge is -2.17. The Balaban J connectivity index is 4.51. The Labute approximate surface area is 87.9 Å². The average molecular weight is 269 g/mol. The van der Waals surface area contributed by atoms with Crippen LogP contribution in [0.25, 0.3) is 0 Å². The molecule has 13 heavy (non-hydrogen) atoms. The van der Waals surface area contributed by atoms with Gasteiger partial charge in [-0.2, -0.15) is 0 Å². The van der Waals surface area contributed by atoms with Crippen molar-refractivity contribution in [2.75, 3.05) is 0 Å². The first-order chi connectivity index (χ1) is 5.89. The predicted molar refractivity (Wildman–Crippen MR) is 56.8 cm³/mol. The Kier molecular flexibility index (Phi) is 5.91. The van der Waals surface area contributed by atoms with Crippen LogP contribution in [-0.4, -0.2) is 12.2 Å². The van der Waals surface area contributed by atoms with Crippen LogP contribution in [0.1, 0.15) is 27.7 Å². The van der Waals surface area contributed by atoms with Crippen molar-refractivity contribution in [3.8, 4) is 10.5 Å². The average Bonchev–Trinajstić information content (AvgIpc) is 1.81. The zero-order valence-corrected chi connectivity index (χ0v) is 10.7. The molecule has 0 aromatic heterocycles. The van der Waals surface area contributed by atoms with E-state index in [0.717, 1.165) is 0 Å². The largest absolute Gasteiger partial charge is 0.406 e. The fourth-order valence-electron chi connectivity index (χ4n) is 0.684. The molecule has 0 unspecified atom stereocenters. The molecule has 0 aliphatic heterocycles. The molecule has 0 aliphatic carbocycles. The Morgan fingerprint density at radius 1 is 1.15 bits per heavy atom. The molecule has 0 saturated heterocycles. The van der Waals surface area contributed by atoms with Crippen molar-refractivity contribution in [1.29, 1.82) is 0 Å². The van der Waals surface area contributed by atoms with Crippen molar-refractivity contribution < 1.29 is 13.6 Å². The molecule has 0 amide bonds. The van der Waals surface area contributed by atoms with Gasteiger partial charge in [0.2, 0.25) is 0 Å². The van der Waals surface area contributed by atoms with E-state index in [2.05, 4.69) is 26.4 Å². The molecule has 0 rings (SSSR count). The first-order valence-electron chi connectivity index (χ1n) is 3.99. The van der Waals surface area contributed by atoms with Crippen molar-refractivity contribution in [3.05, 3.63) is 0 Å². The van der Waals surface area contributed by atoms with E-state index in [-0.39, 0.29) is 12.2 Å². The van der Waals surface area contributed by atoms with E-state index in [0.29, 0.717) is 0 Å². The molecule has 0 heterocycles. The highest BCUT2D eigenvalue weighted by molar-refractivity contribution is 9.12. The maximum absolute atomic E-state index is 11.8. The second-order valence-electron chi connectivity index (χ2n) is 3.01. The standard InChI is InChI=1S/C8H14BrO3P/c1-7(2)11-13(10,6-5-9)12-8(3)4/h7-8H,1-4H3. The van der Waals surface area contributed by atoms with E-state index >= 15 is 0 Å². The maximum atomic E-state index is 11.8. The Bertz CT molecular complexity index is 238. The van der Waals surface area contributed by atoms with Crippen LogP contribution in [0.4, 0.5) is 0 Å². The molecule has 0 aliphatic rings. The molecule has 0 radical (unpaired) electrons. The van der Waals surface area contributed by atoms with Gasteiger partial charge in [0, 0.05) is 21.6 Å². The Morgan fingerprint density at radius 2 is 1.54 bits per heavy atom. The Hall–Kier alpha value is 0.190. The molecular weight excluding hydrogens is 255 g/mol. The summed E-state index contributed by atoms with van der Waals surface area (Å²) in [4.78, 5) is 2.37. The monoisotopic (exact) mass is 268 g/mol. The van der Waals surface area contributed by atoms with Gasteiger partial charge in [-0.1, -0.05) is 0 Å². The molecule has 5 heteroatoms. The highest BCUT2D eigenvalue weighted by Gasteiger charge is 2.24. The summed E-state index contributed by atoms with van der Waals surface area (Å²) in [5.41, 5.74) is 2.40. The zero-order valence-electron chi connectivity index (χ0n) is 8.20. The summed E-state index contributed by atoms with van der Waals surface area (Å²) < 4.78 is 22.0. The topological polar surface area (TPSA) is 35.5 Å². The van der Waals surface area contributed by atoms with Crippen LogP contribution in [0.2, 0.25) is 0 Å². The van der Waals surface area contributed by atoms with Crippen molar-refractivity contribution in [3.63, 3.8) is 0 Å². The Morgan fingerprint density at radius 3 is 1.77 bits per heavy atom. The van der Waals surface area contributed by atoms with Gasteiger partial charge in [-0.05, 0) is 32.5 Å². The summed E-state index contributed by atoms with van der Waals surface area (Å²) in [6.07, 6.45) is -0.337. The van der Waals surface area contributed by atoms with Gasteiger partial charge in [0.15, 0.2) is 0 Å². The zero-order chi connectivity index (χ0) is 10.5. The molecule has 0 bridgehead atoms. The van der Waals surface area contributed by atoms with Crippen LogP contribution in [0.5, 0.6) is 0 Å². The lowest BCUT2D eigenvalue weighted by molar-refractivity contribution is 0.151. The van der Waals surface area contributed by atoms with Crippen molar-refractivity contribution in [1.82, 2.24) is 0 Å². The second-order valence-corrected chi connectivity index (χ2v) is 5.05. The van der Waals surface area contributed by atoms with Crippen molar-refractivity contribution in [2.24, 2.45) is 0 Å². The fraction of sp³-hybridized carbons (Fsp3) is 0.750. The molecule has 0 aromatic carbocycles. The van der Waals surface area contributed by atoms with Gasteiger partial charge in [0.25, 0.3) is 0 Å². The molecule has 0 N–H and O–H groups in total. The van der Waals surface area contributed by atoms with Crippen molar-refractivity contribution in [2.45, 2.75) is 39.9 Å². The fourth-order valence-corrected chi connectivity index (χ4v) is 2.70. The van der Waals surface area contributed by atoms with E-state index in [1.54, 1.807) is 27.7 Å². The van der Waals surface area contributed by atoms with Gasteiger partial charge in [-0.3, -0.25) is 9.05 Å². The molecular formula is C8H14BrO3P. The van der Waals surface area contributed by atoms with Crippen LogP contribution in [0.15, 0.2) is 0 Å². The molecule has 0 aromatic rings. The van der Waals surface area contributed by atoms with E-state index in [9.17, 15) is 4.57 Å². The van der Waals surface area contributed by atoms with Crippen LogP contribution >= 0.6 is 23.5 Å². The quantitative estimate of drug-likeness (QED) is 0.580. The van der Waals surface area contributed by atoms with Gasteiger partial charge in [0.1, 0.15) is 0 Å².